The summed E-state index contributed by atoms with van der Waals surface area (Å²) in [5, 5.41) is 3.35. The van der Waals surface area contributed by atoms with Crippen molar-refractivity contribution < 1.29 is 0 Å². The maximum Gasteiger partial charge on any atom is 0.140 e. The van der Waals surface area contributed by atoms with Gasteiger partial charge in [0.05, 0.1) is 4.47 Å². The Balaban J connectivity index is 2.44. The molecule has 1 rings (SSSR count). The summed E-state index contributed by atoms with van der Waals surface area (Å²) in [5.41, 5.74) is 0. The van der Waals surface area contributed by atoms with Crippen molar-refractivity contribution in [1.29, 1.82) is 0 Å². The Morgan fingerprint density at radius 3 is 2.47 bits per heavy atom. The van der Waals surface area contributed by atoms with Gasteiger partial charge >= 0.3 is 0 Å². The van der Waals surface area contributed by atoms with E-state index in [1.54, 1.807) is 6.20 Å². The Morgan fingerprint density at radius 2 is 1.94 bits per heavy atom. The van der Waals surface area contributed by atoms with E-state index in [4.69, 9.17) is 0 Å². The van der Waals surface area contributed by atoms with E-state index in [1.807, 2.05) is 12.1 Å². The normalized spacial score (nSPS) is 11.5. The van der Waals surface area contributed by atoms with Crippen LogP contribution in [0.1, 0.15) is 27.7 Å². The minimum absolute atomic E-state index is 0.573. The fourth-order valence-electron chi connectivity index (χ4n) is 1.93. The highest BCUT2D eigenvalue weighted by molar-refractivity contribution is 9.10. The maximum atomic E-state index is 4.29. The lowest BCUT2D eigenvalue weighted by Gasteiger charge is -2.30. The SMILES string of the molecule is CC(C)N(CCNc1ncccc1Br)C(C)C. The molecule has 4 heteroatoms. The second kappa shape index (κ2) is 6.97. The molecule has 0 spiro atoms. The van der Waals surface area contributed by atoms with Gasteiger partial charge in [-0.25, -0.2) is 4.98 Å². The van der Waals surface area contributed by atoms with E-state index >= 15 is 0 Å². The minimum Gasteiger partial charge on any atom is -0.368 e. The van der Waals surface area contributed by atoms with Gasteiger partial charge in [0.1, 0.15) is 5.82 Å². The maximum absolute atomic E-state index is 4.29. The van der Waals surface area contributed by atoms with Crippen LogP contribution in [0.4, 0.5) is 5.82 Å². The smallest absolute Gasteiger partial charge is 0.140 e. The molecule has 0 atom stereocenters. The second-order valence-electron chi connectivity index (χ2n) is 4.69. The van der Waals surface area contributed by atoms with Crippen molar-refractivity contribution in [3.05, 3.63) is 22.8 Å². The third kappa shape index (κ3) is 4.64. The quantitative estimate of drug-likeness (QED) is 0.873. The summed E-state index contributed by atoms with van der Waals surface area (Å²) < 4.78 is 1.01. The molecule has 0 aliphatic heterocycles. The van der Waals surface area contributed by atoms with Crippen LogP contribution in [-0.4, -0.2) is 35.1 Å². The summed E-state index contributed by atoms with van der Waals surface area (Å²) in [6.07, 6.45) is 1.80. The van der Waals surface area contributed by atoms with Crippen LogP contribution in [0.2, 0.25) is 0 Å². The minimum atomic E-state index is 0.573. The lowest BCUT2D eigenvalue weighted by Crippen LogP contribution is -2.40. The number of pyridine rings is 1. The van der Waals surface area contributed by atoms with E-state index in [2.05, 4.69) is 58.8 Å². The van der Waals surface area contributed by atoms with Gasteiger partial charge in [-0.3, -0.25) is 4.90 Å². The molecule has 1 aromatic heterocycles. The Morgan fingerprint density at radius 1 is 1.29 bits per heavy atom. The molecule has 17 heavy (non-hydrogen) atoms. The number of hydrogen-bond donors (Lipinski definition) is 1. The number of rotatable bonds is 6. The van der Waals surface area contributed by atoms with Crippen LogP contribution < -0.4 is 5.32 Å². The van der Waals surface area contributed by atoms with E-state index in [9.17, 15) is 0 Å². The van der Waals surface area contributed by atoms with Crippen molar-refractivity contribution in [2.75, 3.05) is 18.4 Å². The number of halogens is 1. The largest absolute Gasteiger partial charge is 0.368 e. The molecule has 0 saturated carbocycles. The van der Waals surface area contributed by atoms with Gasteiger partial charge in [-0.1, -0.05) is 0 Å². The van der Waals surface area contributed by atoms with Gasteiger partial charge in [0.15, 0.2) is 0 Å². The lowest BCUT2D eigenvalue weighted by atomic mass is 10.2. The number of nitrogens with one attached hydrogen (secondary N) is 1. The fourth-order valence-corrected chi connectivity index (χ4v) is 2.33. The topological polar surface area (TPSA) is 28.2 Å². The van der Waals surface area contributed by atoms with Gasteiger partial charge in [0.25, 0.3) is 0 Å². The number of aromatic nitrogens is 1. The van der Waals surface area contributed by atoms with Crippen molar-refractivity contribution in [3.63, 3.8) is 0 Å². The van der Waals surface area contributed by atoms with Gasteiger partial charge in [-0.2, -0.15) is 0 Å². The van der Waals surface area contributed by atoms with Gasteiger partial charge in [-0.05, 0) is 55.8 Å². The van der Waals surface area contributed by atoms with Crippen molar-refractivity contribution in [1.82, 2.24) is 9.88 Å². The monoisotopic (exact) mass is 299 g/mol. The first-order chi connectivity index (χ1) is 8.02. The molecule has 0 bridgehead atoms. The van der Waals surface area contributed by atoms with Crippen molar-refractivity contribution in [3.8, 4) is 0 Å². The zero-order valence-corrected chi connectivity index (χ0v) is 12.7. The molecule has 1 heterocycles. The molecule has 0 amide bonds. The fraction of sp³-hybridized carbons (Fsp3) is 0.615. The molecular formula is C13H22BrN3. The Bertz CT molecular complexity index is 331. The molecule has 0 saturated heterocycles. The molecule has 3 nitrogen and oxygen atoms in total. The van der Waals surface area contributed by atoms with Gasteiger partial charge in [0.2, 0.25) is 0 Å². The van der Waals surface area contributed by atoms with E-state index in [0.29, 0.717) is 12.1 Å². The summed E-state index contributed by atoms with van der Waals surface area (Å²) >= 11 is 3.48. The summed E-state index contributed by atoms with van der Waals surface area (Å²) in [6, 6.07) is 5.06. The highest BCUT2D eigenvalue weighted by atomic mass is 79.9. The van der Waals surface area contributed by atoms with Gasteiger partial charge in [-0.15, -0.1) is 0 Å². The average Bonchev–Trinajstić information content (AvgIpc) is 2.25. The average molecular weight is 300 g/mol. The molecule has 1 N–H and O–H groups in total. The second-order valence-corrected chi connectivity index (χ2v) is 5.54. The Kier molecular flexibility index (Phi) is 5.92. The zero-order chi connectivity index (χ0) is 12.8. The summed E-state index contributed by atoms with van der Waals surface area (Å²) in [6.45, 7) is 10.9. The van der Waals surface area contributed by atoms with Crippen LogP contribution in [0.15, 0.2) is 22.8 Å². The number of anilines is 1. The van der Waals surface area contributed by atoms with Crippen LogP contribution >= 0.6 is 15.9 Å². The van der Waals surface area contributed by atoms with Crippen LogP contribution in [0, 0.1) is 0 Å². The van der Waals surface area contributed by atoms with Crippen molar-refractivity contribution in [2.24, 2.45) is 0 Å². The predicted octanol–water partition coefficient (Wildman–Crippen LogP) is 3.37. The summed E-state index contributed by atoms with van der Waals surface area (Å²) in [5.74, 6) is 0.917. The summed E-state index contributed by atoms with van der Waals surface area (Å²) in [4.78, 5) is 6.75. The predicted molar refractivity (Wildman–Crippen MR) is 77.4 cm³/mol. The molecule has 1 aromatic rings. The van der Waals surface area contributed by atoms with E-state index in [-0.39, 0.29) is 0 Å². The van der Waals surface area contributed by atoms with Crippen molar-refractivity contribution in [2.45, 2.75) is 39.8 Å². The Labute approximate surface area is 113 Å². The first-order valence-electron chi connectivity index (χ1n) is 6.12. The van der Waals surface area contributed by atoms with Crippen LogP contribution in [0.25, 0.3) is 0 Å². The van der Waals surface area contributed by atoms with Crippen LogP contribution in [0.3, 0.4) is 0 Å². The van der Waals surface area contributed by atoms with Gasteiger partial charge < -0.3 is 5.32 Å². The van der Waals surface area contributed by atoms with E-state index < -0.39 is 0 Å². The summed E-state index contributed by atoms with van der Waals surface area (Å²) in [7, 11) is 0. The highest BCUT2D eigenvalue weighted by Crippen LogP contribution is 2.17. The number of hydrogen-bond acceptors (Lipinski definition) is 3. The van der Waals surface area contributed by atoms with Crippen LogP contribution in [-0.2, 0) is 0 Å². The van der Waals surface area contributed by atoms with Crippen molar-refractivity contribution >= 4 is 21.7 Å². The molecule has 0 radical (unpaired) electrons. The first kappa shape index (κ1) is 14.5. The standard InChI is InChI=1S/C13H22BrN3/c1-10(2)17(11(3)4)9-8-16-13-12(14)6-5-7-15-13/h5-7,10-11H,8-9H2,1-4H3,(H,15,16). The molecule has 0 aliphatic carbocycles. The third-order valence-electron chi connectivity index (χ3n) is 2.75. The number of nitrogens with zero attached hydrogens (tertiary/aromatic N) is 2. The van der Waals surface area contributed by atoms with Gasteiger partial charge in [0, 0.05) is 31.4 Å². The van der Waals surface area contributed by atoms with Crippen LogP contribution in [0.5, 0.6) is 0 Å². The van der Waals surface area contributed by atoms with E-state index in [0.717, 1.165) is 23.4 Å². The molecular weight excluding hydrogens is 278 g/mol. The first-order valence-corrected chi connectivity index (χ1v) is 6.91. The molecule has 0 unspecified atom stereocenters. The zero-order valence-electron chi connectivity index (χ0n) is 11.1. The molecule has 0 aromatic carbocycles. The molecule has 0 fully saturated rings. The lowest BCUT2D eigenvalue weighted by molar-refractivity contribution is 0.182. The molecule has 0 aliphatic rings. The molecule has 96 valence electrons. The van der Waals surface area contributed by atoms with E-state index in [1.165, 1.54) is 0 Å². The highest BCUT2D eigenvalue weighted by Gasteiger charge is 2.12. The third-order valence-corrected chi connectivity index (χ3v) is 3.39. The Hall–Kier alpha value is -0.610.